The first-order chi connectivity index (χ1) is 12.6. The van der Waals surface area contributed by atoms with Gasteiger partial charge in [0, 0.05) is 19.3 Å². The number of sulfonamides is 1. The Morgan fingerprint density at radius 3 is 2.62 bits per heavy atom. The Morgan fingerprint density at radius 2 is 1.85 bits per heavy atom. The van der Waals surface area contributed by atoms with Crippen molar-refractivity contribution < 1.29 is 12.8 Å². The summed E-state index contributed by atoms with van der Waals surface area (Å²) in [5, 5.41) is 8.19. The number of aromatic nitrogens is 3. The van der Waals surface area contributed by atoms with Crippen molar-refractivity contribution in [1.29, 1.82) is 0 Å². The lowest BCUT2D eigenvalue weighted by atomic mass is 10.00. The van der Waals surface area contributed by atoms with Crippen molar-refractivity contribution in [3.8, 4) is 11.6 Å². The first kappa shape index (κ1) is 16.9. The van der Waals surface area contributed by atoms with Gasteiger partial charge in [0.1, 0.15) is 5.69 Å². The summed E-state index contributed by atoms with van der Waals surface area (Å²) < 4.78 is 33.0. The molecule has 1 atom stereocenters. The van der Waals surface area contributed by atoms with E-state index in [1.165, 1.54) is 4.31 Å². The topological polar surface area (TPSA) is 89.2 Å². The van der Waals surface area contributed by atoms with Gasteiger partial charge in [0.15, 0.2) is 0 Å². The molecular weight excluding hydrogens is 352 g/mol. The third kappa shape index (κ3) is 3.25. The summed E-state index contributed by atoms with van der Waals surface area (Å²) in [6.45, 7) is 0.829. The lowest BCUT2D eigenvalue weighted by Crippen LogP contribution is -2.39. The van der Waals surface area contributed by atoms with Crippen LogP contribution in [0.25, 0.3) is 11.6 Å². The molecule has 1 saturated heterocycles. The van der Waals surface area contributed by atoms with Gasteiger partial charge in [-0.1, -0.05) is 24.3 Å². The molecule has 0 spiro atoms. The van der Waals surface area contributed by atoms with Crippen molar-refractivity contribution in [2.24, 2.45) is 0 Å². The first-order valence-electron chi connectivity index (χ1n) is 8.44. The van der Waals surface area contributed by atoms with Gasteiger partial charge in [-0.15, -0.1) is 10.2 Å². The van der Waals surface area contributed by atoms with E-state index in [-0.39, 0.29) is 5.92 Å². The number of piperidine rings is 1. The summed E-state index contributed by atoms with van der Waals surface area (Å²) in [5.74, 6) is 0.689. The van der Waals surface area contributed by atoms with Gasteiger partial charge in [0.25, 0.3) is 5.89 Å². The SMILES string of the molecule is O=S(=O)(c1ccccc1)N1CCC[C@@H](c2nnc(-c3ccccn3)o2)C1. The van der Waals surface area contributed by atoms with E-state index in [1.54, 1.807) is 42.6 Å². The molecule has 0 N–H and O–H groups in total. The molecule has 1 fully saturated rings. The summed E-state index contributed by atoms with van der Waals surface area (Å²) in [4.78, 5) is 4.50. The van der Waals surface area contributed by atoms with E-state index in [0.717, 1.165) is 12.8 Å². The van der Waals surface area contributed by atoms with Crippen LogP contribution in [0.2, 0.25) is 0 Å². The zero-order valence-corrected chi connectivity index (χ0v) is 14.8. The summed E-state index contributed by atoms with van der Waals surface area (Å²) in [6.07, 6.45) is 3.22. The second kappa shape index (κ2) is 6.97. The highest BCUT2D eigenvalue weighted by Gasteiger charge is 2.33. The van der Waals surface area contributed by atoms with E-state index in [9.17, 15) is 8.42 Å². The molecule has 0 unspecified atom stereocenters. The Labute approximate surface area is 151 Å². The fraction of sp³-hybridized carbons (Fsp3) is 0.278. The van der Waals surface area contributed by atoms with Crippen molar-refractivity contribution in [2.45, 2.75) is 23.7 Å². The molecule has 0 bridgehead atoms. The molecule has 26 heavy (non-hydrogen) atoms. The summed E-state index contributed by atoms with van der Waals surface area (Å²) in [6, 6.07) is 13.9. The molecule has 1 aliphatic rings. The average molecular weight is 370 g/mol. The van der Waals surface area contributed by atoms with Gasteiger partial charge in [-0.25, -0.2) is 8.42 Å². The van der Waals surface area contributed by atoms with Crippen LogP contribution in [0, 0.1) is 0 Å². The minimum absolute atomic E-state index is 0.118. The van der Waals surface area contributed by atoms with Crippen LogP contribution in [0.3, 0.4) is 0 Å². The van der Waals surface area contributed by atoms with Crippen LogP contribution in [-0.2, 0) is 10.0 Å². The van der Waals surface area contributed by atoms with E-state index in [1.807, 2.05) is 12.1 Å². The number of nitrogens with zero attached hydrogens (tertiary/aromatic N) is 4. The van der Waals surface area contributed by atoms with Gasteiger partial charge in [-0.05, 0) is 37.1 Å². The van der Waals surface area contributed by atoms with Crippen LogP contribution in [0.4, 0.5) is 0 Å². The second-order valence-electron chi connectivity index (χ2n) is 6.18. The Kier molecular flexibility index (Phi) is 4.52. The molecule has 4 rings (SSSR count). The standard InChI is InChI=1S/C18H18N4O3S/c23-26(24,15-8-2-1-3-9-15)22-12-6-7-14(13-22)17-20-21-18(25-17)16-10-4-5-11-19-16/h1-5,8-11,14H,6-7,12-13H2/t14-/m1/s1. The van der Waals surface area contributed by atoms with E-state index < -0.39 is 10.0 Å². The number of rotatable bonds is 4. The number of benzene rings is 1. The van der Waals surface area contributed by atoms with Gasteiger partial charge in [-0.3, -0.25) is 4.98 Å². The first-order valence-corrected chi connectivity index (χ1v) is 9.88. The minimum atomic E-state index is -3.52. The van der Waals surface area contributed by atoms with Crippen LogP contribution in [0.5, 0.6) is 0 Å². The normalized spacial score (nSPS) is 18.7. The molecule has 3 aromatic rings. The van der Waals surface area contributed by atoms with E-state index in [0.29, 0.717) is 35.5 Å². The Bertz CT molecular complexity index is 974. The molecule has 0 aliphatic carbocycles. The van der Waals surface area contributed by atoms with Crippen molar-refractivity contribution in [1.82, 2.24) is 19.5 Å². The molecular formula is C18H18N4O3S. The molecule has 0 radical (unpaired) electrons. The highest BCUT2D eigenvalue weighted by molar-refractivity contribution is 7.89. The molecule has 134 valence electrons. The van der Waals surface area contributed by atoms with Crippen molar-refractivity contribution in [3.63, 3.8) is 0 Å². The maximum atomic E-state index is 12.8. The highest BCUT2D eigenvalue weighted by Crippen LogP contribution is 2.30. The van der Waals surface area contributed by atoms with Crippen LogP contribution in [0.15, 0.2) is 64.0 Å². The van der Waals surface area contributed by atoms with Gasteiger partial charge in [-0.2, -0.15) is 4.31 Å². The maximum Gasteiger partial charge on any atom is 0.266 e. The zero-order valence-electron chi connectivity index (χ0n) is 14.0. The fourth-order valence-corrected chi connectivity index (χ4v) is 4.64. The predicted octanol–water partition coefficient (Wildman–Crippen LogP) is 2.70. The maximum absolute atomic E-state index is 12.8. The Hall–Kier alpha value is -2.58. The Morgan fingerprint density at radius 1 is 1.04 bits per heavy atom. The van der Waals surface area contributed by atoms with Crippen molar-refractivity contribution in [3.05, 3.63) is 60.6 Å². The summed E-state index contributed by atoms with van der Waals surface area (Å²) in [5.41, 5.74) is 0.607. The third-order valence-electron chi connectivity index (χ3n) is 4.44. The molecule has 3 heterocycles. The average Bonchev–Trinajstić information content (AvgIpc) is 3.20. The molecule has 2 aromatic heterocycles. The van der Waals surface area contributed by atoms with E-state index >= 15 is 0 Å². The minimum Gasteiger partial charge on any atom is -0.419 e. The van der Waals surface area contributed by atoms with Crippen molar-refractivity contribution in [2.75, 3.05) is 13.1 Å². The monoisotopic (exact) mass is 370 g/mol. The molecule has 8 heteroatoms. The largest absolute Gasteiger partial charge is 0.419 e. The van der Waals surface area contributed by atoms with Gasteiger partial charge < -0.3 is 4.42 Å². The molecule has 7 nitrogen and oxygen atoms in total. The lowest BCUT2D eigenvalue weighted by molar-refractivity contribution is 0.286. The predicted molar refractivity (Wildman–Crippen MR) is 94.7 cm³/mol. The molecule has 1 aromatic carbocycles. The van der Waals surface area contributed by atoms with Crippen molar-refractivity contribution >= 4 is 10.0 Å². The number of hydrogen-bond donors (Lipinski definition) is 0. The molecule has 1 aliphatic heterocycles. The van der Waals surface area contributed by atoms with Gasteiger partial charge in [0.2, 0.25) is 15.9 Å². The van der Waals surface area contributed by atoms with Crippen LogP contribution < -0.4 is 0 Å². The fourth-order valence-electron chi connectivity index (χ4n) is 3.10. The second-order valence-corrected chi connectivity index (χ2v) is 8.11. The summed E-state index contributed by atoms with van der Waals surface area (Å²) in [7, 11) is -3.52. The number of hydrogen-bond acceptors (Lipinski definition) is 6. The summed E-state index contributed by atoms with van der Waals surface area (Å²) >= 11 is 0. The molecule has 0 saturated carbocycles. The highest BCUT2D eigenvalue weighted by atomic mass is 32.2. The van der Waals surface area contributed by atoms with Crippen LogP contribution in [0.1, 0.15) is 24.7 Å². The number of pyridine rings is 1. The quantitative estimate of drug-likeness (QED) is 0.701. The zero-order chi connectivity index (χ0) is 18.0. The van der Waals surface area contributed by atoms with Gasteiger partial charge >= 0.3 is 0 Å². The van der Waals surface area contributed by atoms with Gasteiger partial charge in [0.05, 0.1) is 10.8 Å². The Balaban J connectivity index is 1.55. The van der Waals surface area contributed by atoms with Crippen LogP contribution in [-0.4, -0.2) is 41.0 Å². The smallest absolute Gasteiger partial charge is 0.266 e. The molecule has 0 amide bonds. The lowest BCUT2D eigenvalue weighted by Gasteiger charge is -2.30. The van der Waals surface area contributed by atoms with Crippen LogP contribution >= 0.6 is 0 Å². The van der Waals surface area contributed by atoms with E-state index in [2.05, 4.69) is 15.2 Å². The van der Waals surface area contributed by atoms with E-state index in [4.69, 9.17) is 4.42 Å². The third-order valence-corrected chi connectivity index (χ3v) is 6.32.